The average Bonchev–Trinajstić information content (AvgIpc) is 1.51. The van der Waals surface area contributed by atoms with Gasteiger partial charge < -0.3 is 9.47 Å². The zero-order chi connectivity index (χ0) is 90.4. The lowest BCUT2D eigenvalue weighted by atomic mass is 9.70. The first-order chi connectivity index (χ1) is 67.9. The van der Waals surface area contributed by atoms with E-state index in [0.29, 0.717) is 17.2 Å². The number of para-hydroxylation sites is 2. The second-order valence-electron chi connectivity index (χ2n) is 35.3. The highest BCUT2D eigenvalue weighted by molar-refractivity contribution is 8.05. The van der Waals surface area contributed by atoms with Crippen LogP contribution in [0.2, 0.25) is 0 Å². The van der Waals surface area contributed by atoms with Gasteiger partial charge >= 0.3 is 0 Å². The third kappa shape index (κ3) is 13.8. The summed E-state index contributed by atoms with van der Waals surface area (Å²) in [5.74, 6) is 2.84. The van der Waals surface area contributed by atoms with Crippen molar-refractivity contribution in [3.05, 3.63) is 514 Å². The summed E-state index contributed by atoms with van der Waals surface area (Å²) in [6, 6.07) is 170. The molecule has 0 saturated carbocycles. The van der Waals surface area contributed by atoms with Gasteiger partial charge in [-0.1, -0.05) is 418 Å². The van der Waals surface area contributed by atoms with E-state index in [4.69, 9.17) is 24.4 Å². The Morgan fingerprint density at radius 3 is 0.818 bits per heavy atom. The minimum absolute atomic E-state index is 0.348. The molecule has 5 nitrogen and oxygen atoms in total. The molecule has 28 rings (SSSR count). The standard InChI is InChI=1S/C56H35N.C37H23NO2.C37H23NS2/c1-2-14-38(15-3-1)54-45-19-4-6-21-47(45)55(48-22-7-5-20-46(48)54)40-31-33-53(57-35-40)37-28-26-36(27-29-37)39-30-32-44-43-18-10-13-25-51(43)56(52(44)34-39)49-23-11-8-16-41(49)42-17-9-12-24-50(42)56;2*1-2-10-24(11-3-1)36-27-12-4-6-14-29(27)37(30-15-7-5-13-28(30)36)26-18-20-31(38-23-26)25-19-21-34-35(22-25)40-33-17-9-8-16-32(33)39-34/h1-35H;2*1-23H. The van der Waals surface area contributed by atoms with Crippen LogP contribution in [-0.2, 0) is 5.41 Å². The van der Waals surface area contributed by atoms with Gasteiger partial charge in [0.25, 0.3) is 0 Å². The zero-order valence-electron chi connectivity index (χ0n) is 74.2. The Kier molecular flexibility index (Phi) is 20.0. The van der Waals surface area contributed by atoms with Gasteiger partial charge in [-0.15, -0.1) is 0 Å². The van der Waals surface area contributed by atoms with Gasteiger partial charge in [0, 0.05) is 71.6 Å². The summed E-state index contributed by atoms with van der Waals surface area (Å²) in [6.45, 7) is 0. The van der Waals surface area contributed by atoms with Crippen LogP contribution in [0, 0.1) is 0 Å². The lowest BCUT2D eigenvalue weighted by molar-refractivity contribution is 0.360. The third-order valence-electron chi connectivity index (χ3n) is 27.7. The maximum absolute atomic E-state index is 6.12. The van der Waals surface area contributed by atoms with Crippen molar-refractivity contribution in [3.8, 4) is 157 Å². The molecular weight excluding hydrogens is 1700 g/mol. The summed E-state index contributed by atoms with van der Waals surface area (Å²) in [6.07, 6.45) is 6.08. The molecule has 24 aromatic rings. The zero-order valence-corrected chi connectivity index (χ0v) is 75.9. The van der Waals surface area contributed by atoms with Crippen molar-refractivity contribution in [2.45, 2.75) is 25.0 Å². The summed E-state index contributed by atoms with van der Waals surface area (Å²) < 4.78 is 12.1. The Morgan fingerprint density at radius 1 is 0.161 bits per heavy atom. The van der Waals surface area contributed by atoms with Gasteiger partial charge in [-0.2, -0.15) is 0 Å². The lowest BCUT2D eigenvalue weighted by Gasteiger charge is -2.30. The third-order valence-corrected chi connectivity index (χ3v) is 30.3. The van der Waals surface area contributed by atoms with Gasteiger partial charge in [0.1, 0.15) is 0 Å². The molecule has 0 atom stereocenters. The molecular formula is C130H81N3O2S2. The molecule has 2 aliphatic carbocycles. The number of ether oxygens (including phenoxy) is 2. The number of aromatic nitrogens is 3. The molecule has 2 aliphatic heterocycles. The van der Waals surface area contributed by atoms with Crippen molar-refractivity contribution in [3.63, 3.8) is 0 Å². The smallest absolute Gasteiger partial charge is 0.170 e. The molecule has 137 heavy (non-hydrogen) atoms. The molecule has 640 valence electrons. The van der Waals surface area contributed by atoms with Gasteiger partial charge in [0.15, 0.2) is 23.0 Å². The van der Waals surface area contributed by atoms with E-state index in [2.05, 4.69) is 437 Å². The van der Waals surface area contributed by atoms with Crippen molar-refractivity contribution in [1.29, 1.82) is 0 Å². The summed E-state index contributed by atoms with van der Waals surface area (Å²) >= 11 is 3.69. The second-order valence-corrected chi connectivity index (χ2v) is 37.4. The predicted octanol–water partition coefficient (Wildman–Crippen LogP) is 35.7. The van der Waals surface area contributed by atoms with Crippen LogP contribution < -0.4 is 9.47 Å². The fraction of sp³-hybridized carbons (Fsp3) is 0.00769. The van der Waals surface area contributed by atoms with Crippen molar-refractivity contribution < 1.29 is 9.47 Å². The molecule has 1 spiro atoms. The van der Waals surface area contributed by atoms with Gasteiger partial charge in [-0.05, 0) is 249 Å². The molecule has 0 N–H and O–H groups in total. The minimum Gasteiger partial charge on any atom is -0.450 e. The maximum Gasteiger partial charge on any atom is 0.170 e. The molecule has 5 heterocycles. The number of rotatable bonds is 10. The Bertz CT molecular complexity index is 8400. The minimum atomic E-state index is -0.348. The average molecular weight is 1780 g/mol. The number of benzene rings is 21. The van der Waals surface area contributed by atoms with E-state index in [0.717, 1.165) is 56.2 Å². The molecule has 21 aromatic carbocycles. The number of hydrogen-bond donors (Lipinski definition) is 0. The fourth-order valence-corrected chi connectivity index (χ4v) is 23.9. The highest BCUT2D eigenvalue weighted by atomic mass is 32.2. The van der Waals surface area contributed by atoms with E-state index < -0.39 is 0 Å². The van der Waals surface area contributed by atoms with E-state index in [9.17, 15) is 0 Å². The topological polar surface area (TPSA) is 57.1 Å². The van der Waals surface area contributed by atoms with Crippen LogP contribution in [0.5, 0.6) is 23.0 Å². The number of nitrogens with zero attached hydrogens (tertiary/aromatic N) is 3. The van der Waals surface area contributed by atoms with Crippen molar-refractivity contribution in [2.75, 3.05) is 0 Å². The van der Waals surface area contributed by atoms with Crippen LogP contribution in [0.25, 0.3) is 199 Å². The Hall–Kier alpha value is -17.1. The first kappa shape index (κ1) is 80.8. The SMILES string of the molecule is c1ccc(-c2c3ccccc3c(-c3ccc(-c4ccc(-c5ccc6c(c5)C5(c7ccccc7-c7ccccc75)c5ccccc5-6)cc4)nc3)c3ccccc23)cc1.c1ccc(-c2c3ccccc3c(-c3ccc(-c4ccc5c(c4)Oc4ccccc4O5)nc3)c3ccccc23)cc1.c1ccc(-c2c3ccccc3c(-c3ccc(-c4ccc5c(c4)Sc4ccccc4S5)nc3)c3ccccc23)cc1. The normalized spacial score (nSPS) is 12.5. The Labute approximate surface area is 802 Å². The molecule has 0 saturated heterocycles. The largest absolute Gasteiger partial charge is 0.450 e. The van der Waals surface area contributed by atoms with E-state index >= 15 is 0 Å². The van der Waals surface area contributed by atoms with E-state index in [1.807, 2.05) is 78.4 Å². The van der Waals surface area contributed by atoms with Crippen molar-refractivity contribution in [2.24, 2.45) is 0 Å². The number of fused-ring (bicyclic) bond motifs is 20. The first-order valence-corrected chi connectivity index (χ1v) is 48.2. The predicted molar refractivity (Wildman–Crippen MR) is 570 cm³/mol. The fourth-order valence-electron chi connectivity index (χ4n) is 21.7. The van der Waals surface area contributed by atoms with Gasteiger partial charge in [0.2, 0.25) is 0 Å². The molecule has 0 amide bonds. The van der Waals surface area contributed by atoms with Crippen molar-refractivity contribution in [1.82, 2.24) is 15.0 Å². The second kappa shape index (κ2) is 33.9. The molecule has 7 heteroatoms. The molecule has 0 radical (unpaired) electrons. The van der Waals surface area contributed by atoms with Crippen LogP contribution in [0.4, 0.5) is 0 Å². The molecule has 3 aromatic heterocycles. The summed E-state index contributed by atoms with van der Waals surface area (Å²) in [5.41, 5.74) is 33.4. The van der Waals surface area contributed by atoms with Crippen LogP contribution in [0.3, 0.4) is 0 Å². The summed E-state index contributed by atoms with van der Waals surface area (Å²) in [5, 5.41) is 14.9. The van der Waals surface area contributed by atoms with E-state index in [-0.39, 0.29) is 5.41 Å². The molecule has 0 fully saturated rings. The van der Waals surface area contributed by atoms with Crippen LogP contribution in [0.1, 0.15) is 22.3 Å². The van der Waals surface area contributed by atoms with E-state index in [1.54, 1.807) is 0 Å². The summed E-state index contributed by atoms with van der Waals surface area (Å²) in [4.78, 5) is 20.2. The lowest BCUT2D eigenvalue weighted by Crippen LogP contribution is -2.25. The molecule has 0 unspecified atom stereocenters. The van der Waals surface area contributed by atoms with Gasteiger partial charge in [-0.25, -0.2) is 0 Å². The van der Waals surface area contributed by atoms with Crippen molar-refractivity contribution >= 4 is 88.2 Å². The number of hydrogen-bond acceptors (Lipinski definition) is 7. The van der Waals surface area contributed by atoms with Crippen LogP contribution in [-0.4, -0.2) is 15.0 Å². The monoisotopic (exact) mass is 1780 g/mol. The highest BCUT2D eigenvalue weighted by Crippen LogP contribution is 2.64. The van der Waals surface area contributed by atoms with Gasteiger partial charge in [-0.3, -0.25) is 15.0 Å². The first-order valence-electron chi connectivity index (χ1n) is 46.5. The van der Waals surface area contributed by atoms with Crippen LogP contribution >= 0.6 is 23.5 Å². The summed E-state index contributed by atoms with van der Waals surface area (Å²) in [7, 11) is 0. The maximum atomic E-state index is 6.12. The molecule has 0 bridgehead atoms. The van der Waals surface area contributed by atoms with Crippen LogP contribution in [0.15, 0.2) is 511 Å². The highest BCUT2D eigenvalue weighted by Gasteiger charge is 2.51. The molecule has 4 aliphatic rings. The van der Waals surface area contributed by atoms with E-state index in [1.165, 1.54) is 190 Å². The Morgan fingerprint density at radius 2 is 0.431 bits per heavy atom. The number of pyridine rings is 3. The quantitative estimate of drug-likeness (QED) is 0.126. The Balaban J connectivity index is 0.000000109. The van der Waals surface area contributed by atoms with Gasteiger partial charge in [0.05, 0.1) is 22.5 Å².